The van der Waals surface area contributed by atoms with Gasteiger partial charge in [0.15, 0.2) is 0 Å². The van der Waals surface area contributed by atoms with Crippen molar-refractivity contribution in [3.8, 4) is 0 Å². The van der Waals surface area contributed by atoms with Crippen LogP contribution in [-0.2, 0) is 9.53 Å². The van der Waals surface area contributed by atoms with E-state index in [9.17, 15) is 4.79 Å². The second-order valence-electron chi connectivity index (χ2n) is 6.08. The lowest BCUT2D eigenvalue weighted by atomic mass is 10.1. The molecule has 2 saturated heterocycles. The molecule has 0 spiro atoms. The zero-order valence-electron chi connectivity index (χ0n) is 13.1. The van der Waals surface area contributed by atoms with E-state index < -0.39 is 0 Å². The molecular formula is C15H27N3O2S. The SMILES string of the molecule is CCCC(C(N)=S)N1CCN(C(=O)C2CCC(C)O2)CC1. The highest BCUT2D eigenvalue weighted by Crippen LogP contribution is 2.22. The summed E-state index contributed by atoms with van der Waals surface area (Å²) in [4.78, 5) is 17.2. The van der Waals surface area contributed by atoms with E-state index in [-0.39, 0.29) is 24.2 Å². The van der Waals surface area contributed by atoms with Gasteiger partial charge in [-0.1, -0.05) is 25.6 Å². The smallest absolute Gasteiger partial charge is 0.251 e. The lowest BCUT2D eigenvalue weighted by Gasteiger charge is -2.39. The first-order valence-corrected chi connectivity index (χ1v) is 8.41. The summed E-state index contributed by atoms with van der Waals surface area (Å²) in [5.41, 5.74) is 5.85. The molecule has 0 aromatic rings. The van der Waals surface area contributed by atoms with Crippen LogP contribution in [0.3, 0.4) is 0 Å². The minimum absolute atomic E-state index is 0.154. The molecule has 2 aliphatic rings. The monoisotopic (exact) mass is 313 g/mol. The molecule has 0 radical (unpaired) electrons. The van der Waals surface area contributed by atoms with E-state index in [2.05, 4.69) is 11.8 Å². The van der Waals surface area contributed by atoms with Crippen molar-refractivity contribution < 1.29 is 9.53 Å². The third kappa shape index (κ3) is 4.14. The van der Waals surface area contributed by atoms with Crippen molar-refractivity contribution in [3.05, 3.63) is 0 Å². The van der Waals surface area contributed by atoms with E-state index >= 15 is 0 Å². The standard InChI is InChI=1S/C15H27N3O2S/c1-3-4-12(14(16)21)17-7-9-18(10-8-17)15(19)13-6-5-11(2)20-13/h11-13H,3-10H2,1-2H3,(H2,16,21). The van der Waals surface area contributed by atoms with Crippen molar-refractivity contribution >= 4 is 23.1 Å². The maximum Gasteiger partial charge on any atom is 0.251 e. The molecule has 3 unspecified atom stereocenters. The number of hydrogen-bond donors (Lipinski definition) is 1. The molecule has 120 valence electrons. The number of hydrogen-bond acceptors (Lipinski definition) is 4. The first kappa shape index (κ1) is 16.6. The minimum atomic E-state index is -0.228. The van der Waals surface area contributed by atoms with Gasteiger partial charge >= 0.3 is 0 Å². The number of piperazine rings is 1. The largest absolute Gasteiger partial charge is 0.392 e. The van der Waals surface area contributed by atoms with E-state index in [1.165, 1.54) is 0 Å². The predicted octanol–water partition coefficient (Wildman–Crippen LogP) is 1.15. The summed E-state index contributed by atoms with van der Waals surface area (Å²) in [6.07, 6.45) is 3.88. The number of rotatable bonds is 5. The zero-order valence-corrected chi connectivity index (χ0v) is 13.9. The van der Waals surface area contributed by atoms with Crippen LogP contribution in [0.2, 0.25) is 0 Å². The molecule has 2 heterocycles. The van der Waals surface area contributed by atoms with Crippen LogP contribution in [0.15, 0.2) is 0 Å². The van der Waals surface area contributed by atoms with Crippen molar-refractivity contribution in [2.24, 2.45) is 5.73 Å². The van der Waals surface area contributed by atoms with E-state index in [4.69, 9.17) is 22.7 Å². The first-order valence-electron chi connectivity index (χ1n) is 8.00. The molecule has 0 aromatic carbocycles. The average molecular weight is 313 g/mol. The van der Waals surface area contributed by atoms with Gasteiger partial charge in [0.05, 0.1) is 17.1 Å². The first-order chi connectivity index (χ1) is 10.0. The minimum Gasteiger partial charge on any atom is -0.392 e. The fourth-order valence-corrected chi connectivity index (χ4v) is 3.49. The van der Waals surface area contributed by atoms with Gasteiger partial charge in [0.1, 0.15) is 6.10 Å². The van der Waals surface area contributed by atoms with Crippen LogP contribution in [0, 0.1) is 0 Å². The molecule has 3 atom stereocenters. The molecule has 6 heteroatoms. The summed E-state index contributed by atoms with van der Waals surface area (Å²) in [6.45, 7) is 7.35. The van der Waals surface area contributed by atoms with Gasteiger partial charge in [0.2, 0.25) is 0 Å². The maximum atomic E-state index is 12.4. The van der Waals surface area contributed by atoms with Crippen LogP contribution in [-0.4, -0.2) is 65.1 Å². The van der Waals surface area contributed by atoms with Gasteiger partial charge in [-0.15, -0.1) is 0 Å². The van der Waals surface area contributed by atoms with Crippen molar-refractivity contribution in [2.45, 2.75) is 57.8 Å². The van der Waals surface area contributed by atoms with Crippen LogP contribution in [0.4, 0.5) is 0 Å². The van der Waals surface area contributed by atoms with Crippen molar-refractivity contribution in [2.75, 3.05) is 26.2 Å². The zero-order chi connectivity index (χ0) is 15.4. The van der Waals surface area contributed by atoms with Crippen molar-refractivity contribution in [3.63, 3.8) is 0 Å². The summed E-state index contributed by atoms with van der Waals surface area (Å²) < 4.78 is 5.68. The van der Waals surface area contributed by atoms with E-state index in [1.807, 2.05) is 11.8 Å². The highest BCUT2D eigenvalue weighted by molar-refractivity contribution is 7.80. The fourth-order valence-electron chi connectivity index (χ4n) is 3.22. The quantitative estimate of drug-likeness (QED) is 0.772. The second-order valence-corrected chi connectivity index (χ2v) is 6.55. The molecular weight excluding hydrogens is 286 g/mol. The Bertz CT molecular complexity index is 383. The normalized spacial score (nSPS) is 28.6. The lowest BCUT2D eigenvalue weighted by molar-refractivity contribution is -0.144. The van der Waals surface area contributed by atoms with Gasteiger partial charge in [-0.25, -0.2) is 0 Å². The van der Waals surface area contributed by atoms with Crippen LogP contribution >= 0.6 is 12.2 Å². The second kappa shape index (κ2) is 7.51. The van der Waals surface area contributed by atoms with Gasteiger partial charge in [-0.05, 0) is 26.2 Å². The number of thiocarbonyl (C=S) groups is 1. The van der Waals surface area contributed by atoms with Gasteiger partial charge in [-0.2, -0.15) is 0 Å². The highest BCUT2D eigenvalue weighted by Gasteiger charge is 2.34. The summed E-state index contributed by atoms with van der Waals surface area (Å²) in [6, 6.07) is 0.171. The summed E-state index contributed by atoms with van der Waals surface area (Å²) in [5.74, 6) is 0.154. The third-order valence-corrected chi connectivity index (χ3v) is 4.74. The van der Waals surface area contributed by atoms with Crippen LogP contribution < -0.4 is 5.73 Å². The fraction of sp³-hybridized carbons (Fsp3) is 0.867. The average Bonchev–Trinajstić information content (AvgIpc) is 2.90. The number of ether oxygens (including phenoxy) is 1. The topological polar surface area (TPSA) is 58.8 Å². The Hall–Kier alpha value is -0.720. The summed E-state index contributed by atoms with van der Waals surface area (Å²) in [5, 5.41) is 0. The van der Waals surface area contributed by atoms with Crippen LogP contribution in [0.1, 0.15) is 39.5 Å². The molecule has 21 heavy (non-hydrogen) atoms. The number of carbonyl (C=O) groups excluding carboxylic acids is 1. The molecule has 0 aliphatic carbocycles. The lowest BCUT2D eigenvalue weighted by Crippen LogP contribution is -2.56. The van der Waals surface area contributed by atoms with Gasteiger partial charge in [-0.3, -0.25) is 9.69 Å². The Morgan fingerprint density at radius 3 is 2.48 bits per heavy atom. The van der Waals surface area contributed by atoms with E-state index in [0.717, 1.165) is 51.9 Å². The predicted molar refractivity (Wildman–Crippen MR) is 87.2 cm³/mol. The molecule has 0 saturated carbocycles. The Labute approximate surface area is 132 Å². The number of nitrogens with zero attached hydrogens (tertiary/aromatic N) is 2. The Morgan fingerprint density at radius 2 is 2.00 bits per heavy atom. The third-order valence-electron chi connectivity index (χ3n) is 4.46. The molecule has 0 bridgehead atoms. The molecule has 2 fully saturated rings. The molecule has 2 aliphatic heterocycles. The number of carbonyl (C=O) groups is 1. The number of amides is 1. The van der Waals surface area contributed by atoms with Gasteiger partial charge in [0, 0.05) is 26.2 Å². The molecule has 2 rings (SSSR count). The Balaban J connectivity index is 1.85. The summed E-state index contributed by atoms with van der Waals surface area (Å²) >= 11 is 5.18. The molecule has 2 N–H and O–H groups in total. The summed E-state index contributed by atoms with van der Waals surface area (Å²) in [7, 11) is 0. The van der Waals surface area contributed by atoms with Gasteiger partial charge < -0.3 is 15.4 Å². The van der Waals surface area contributed by atoms with Crippen molar-refractivity contribution in [1.82, 2.24) is 9.80 Å². The Morgan fingerprint density at radius 1 is 1.33 bits per heavy atom. The van der Waals surface area contributed by atoms with E-state index in [0.29, 0.717) is 4.99 Å². The van der Waals surface area contributed by atoms with Crippen molar-refractivity contribution in [1.29, 1.82) is 0 Å². The molecule has 0 aromatic heterocycles. The van der Waals surface area contributed by atoms with Crippen LogP contribution in [0.5, 0.6) is 0 Å². The molecule has 1 amide bonds. The maximum absolute atomic E-state index is 12.4. The number of nitrogens with two attached hydrogens (primary N) is 1. The van der Waals surface area contributed by atoms with E-state index in [1.54, 1.807) is 0 Å². The van der Waals surface area contributed by atoms with Gasteiger partial charge in [0.25, 0.3) is 5.91 Å². The Kier molecular flexibility index (Phi) is 5.96. The molecule has 5 nitrogen and oxygen atoms in total. The van der Waals surface area contributed by atoms with Crippen LogP contribution in [0.25, 0.3) is 0 Å². The highest BCUT2D eigenvalue weighted by atomic mass is 32.1.